The molecule has 4 heteroatoms. The number of hydrogen-bond donors (Lipinski definition) is 3. The van der Waals surface area contributed by atoms with E-state index in [0.717, 1.165) is 31.4 Å². The maximum Gasteiger partial charge on any atom is 0.205 e. The third-order valence-corrected chi connectivity index (χ3v) is 3.20. The molecule has 0 aromatic rings. The molecule has 0 heterocycles. The predicted octanol–water partition coefficient (Wildman–Crippen LogP) is 1.78. The zero-order valence-corrected chi connectivity index (χ0v) is 10.5. The van der Waals surface area contributed by atoms with Crippen LogP contribution < -0.4 is 16.6 Å². The van der Waals surface area contributed by atoms with Gasteiger partial charge in [-0.05, 0) is 18.8 Å². The summed E-state index contributed by atoms with van der Waals surface area (Å²) in [4.78, 5) is 4.31. The number of nitrogens with zero attached hydrogens (tertiary/aromatic N) is 1. The smallest absolute Gasteiger partial charge is 0.205 e. The lowest BCUT2D eigenvalue weighted by atomic mass is 9.87. The Kier molecular flexibility index (Phi) is 6.97. The summed E-state index contributed by atoms with van der Waals surface area (Å²) < 4.78 is 0. The van der Waals surface area contributed by atoms with Crippen LogP contribution in [0.25, 0.3) is 0 Å². The summed E-state index contributed by atoms with van der Waals surface area (Å²) in [7, 11) is 0. The third-order valence-electron chi connectivity index (χ3n) is 3.20. The Morgan fingerprint density at radius 3 is 2.69 bits per heavy atom. The molecule has 4 N–H and O–H groups in total. The monoisotopic (exact) mass is 226 g/mol. The number of nitrogens with one attached hydrogen (secondary N) is 2. The molecule has 0 spiro atoms. The van der Waals surface area contributed by atoms with Gasteiger partial charge in [0.2, 0.25) is 5.96 Å². The van der Waals surface area contributed by atoms with Crippen molar-refractivity contribution in [1.82, 2.24) is 10.7 Å². The summed E-state index contributed by atoms with van der Waals surface area (Å²) in [6, 6.07) is 0. The first-order valence-corrected chi connectivity index (χ1v) is 6.61. The van der Waals surface area contributed by atoms with E-state index in [9.17, 15) is 0 Å². The van der Waals surface area contributed by atoms with E-state index in [4.69, 9.17) is 5.84 Å². The molecule has 1 aliphatic rings. The standard InChI is InChI=1S/C12H26N4/c1-2-9-14-12(16-13)15-10-8-11-6-4-3-5-7-11/h11H,2-10,13H2,1H3,(H2,14,15,16). The second kappa shape index (κ2) is 8.39. The van der Waals surface area contributed by atoms with Crippen LogP contribution in [0, 0.1) is 5.92 Å². The molecule has 0 radical (unpaired) electrons. The van der Waals surface area contributed by atoms with E-state index < -0.39 is 0 Å². The maximum atomic E-state index is 5.39. The van der Waals surface area contributed by atoms with Gasteiger partial charge < -0.3 is 5.32 Å². The lowest BCUT2D eigenvalue weighted by Gasteiger charge is -2.21. The van der Waals surface area contributed by atoms with Gasteiger partial charge in [-0.3, -0.25) is 10.4 Å². The molecule has 4 nitrogen and oxygen atoms in total. The largest absolute Gasteiger partial charge is 0.355 e. The number of nitrogens with two attached hydrogens (primary N) is 1. The molecule has 0 amide bonds. The van der Waals surface area contributed by atoms with Crippen LogP contribution in [-0.4, -0.2) is 19.0 Å². The predicted molar refractivity (Wildman–Crippen MR) is 69.1 cm³/mol. The lowest BCUT2D eigenvalue weighted by molar-refractivity contribution is 0.339. The van der Waals surface area contributed by atoms with Crippen LogP contribution in [0.5, 0.6) is 0 Å². The van der Waals surface area contributed by atoms with Crippen LogP contribution in [0.4, 0.5) is 0 Å². The second-order valence-corrected chi connectivity index (χ2v) is 4.59. The molecule has 0 saturated heterocycles. The molecule has 0 bridgehead atoms. The highest BCUT2D eigenvalue weighted by Crippen LogP contribution is 2.25. The summed E-state index contributed by atoms with van der Waals surface area (Å²) >= 11 is 0. The molecule has 94 valence electrons. The molecular formula is C12H26N4. The van der Waals surface area contributed by atoms with E-state index in [0.29, 0.717) is 0 Å². The van der Waals surface area contributed by atoms with Crippen molar-refractivity contribution >= 4 is 5.96 Å². The lowest BCUT2D eigenvalue weighted by Crippen LogP contribution is -2.42. The van der Waals surface area contributed by atoms with Crippen molar-refractivity contribution in [3.8, 4) is 0 Å². The first kappa shape index (κ1) is 13.3. The van der Waals surface area contributed by atoms with Crippen LogP contribution in [0.1, 0.15) is 51.9 Å². The quantitative estimate of drug-likeness (QED) is 0.290. The fourth-order valence-corrected chi connectivity index (χ4v) is 2.25. The van der Waals surface area contributed by atoms with Crippen LogP contribution in [0.2, 0.25) is 0 Å². The normalized spacial score (nSPS) is 18.5. The zero-order chi connectivity index (χ0) is 11.6. The first-order valence-electron chi connectivity index (χ1n) is 6.61. The Bertz CT molecular complexity index is 197. The van der Waals surface area contributed by atoms with Gasteiger partial charge in [0.25, 0.3) is 0 Å². The fraction of sp³-hybridized carbons (Fsp3) is 0.917. The van der Waals surface area contributed by atoms with Crippen LogP contribution in [0.15, 0.2) is 4.99 Å². The summed E-state index contributed by atoms with van der Waals surface area (Å²) in [5, 5.41) is 3.27. The SMILES string of the molecule is CCCN=C(NN)NCCC1CCCCC1. The number of aliphatic imine (C=N–C) groups is 1. The molecule has 1 rings (SSSR count). The number of guanidine groups is 1. The fourth-order valence-electron chi connectivity index (χ4n) is 2.25. The molecule has 1 fully saturated rings. The highest BCUT2D eigenvalue weighted by Gasteiger charge is 2.12. The Hall–Kier alpha value is -0.770. The van der Waals surface area contributed by atoms with E-state index in [1.54, 1.807) is 0 Å². The highest BCUT2D eigenvalue weighted by atomic mass is 15.3. The maximum absolute atomic E-state index is 5.39. The van der Waals surface area contributed by atoms with Crippen molar-refractivity contribution in [2.24, 2.45) is 16.8 Å². The molecule has 0 aromatic heterocycles. The van der Waals surface area contributed by atoms with Gasteiger partial charge in [0, 0.05) is 13.1 Å². The van der Waals surface area contributed by atoms with E-state index in [-0.39, 0.29) is 0 Å². The molecule has 1 saturated carbocycles. The minimum absolute atomic E-state index is 0.734. The van der Waals surface area contributed by atoms with Gasteiger partial charge in [0.15, 0.2) is 0 Å². The molecule has 0 unspecified atom stereocenters. The van der Waals surface area contributed by atoms with Gasteiger partial charge >= 0.3 is 0 Å². The number of hydrogen-bond acceptors (Lipinski definition) is 2. The van der Waals surface area contributed by atoms with Gasteiger partial charge in [-0.15, -0.1) is 0 Å². The Balaban J connectivity index is 2.12. The second-order valence-electron chi connectivity index (χ2n) is 4.59. The van der Waals surface area contributed by atoms with Crippen molar-refractivity contribution < 1.29 is 0 Å². The van der Waals surface area contributed by atoms with E-state index in [2.05, 4.69) is 22.7 Å². The van der Waals surface area contributed by atoms with Crippen molar-refractivity contribution in [3.63, 3.8) is 0 Å². The number of hydrazine groups is 1. The summed E-state index contributed by atoms with van der Waals surface area (Å²) in [6.07, 6.45) is 9.35. The Morgan fingerprint density at radius 1 is 1.31 bits per heavy atom. The van der Waals surface area contributed by atoms with E-state index in [1.807, 2.05) is 0 Å². The summed E-state index contributed by atoms with van der Waals surface area (Å²) in [5.74, 6) is 7.03. The average molecular weight is 226 g/mol. The minimum atomic E-state index is 0.734. The molecule has 0 aromatic carbocycles. The van der Waals surface area contributed by atoms with Gasteiger partial charge in [0.05, 0.1) is 0 Å². The van der Waals surface area contributed by atoms with Gasteiger partial charge in [-0.1, -0.05) is 39.0 Å². The third kappa shape index (κ3) is 5.35. The van der Waals surface area contributed by atoms with Gasteiger partial charge in [-0.2, -0.15) is 0 Å². The van der Waals surface area contributed by atoms with Crippen LogP contribution in [-0.2, 0) is 0 Å². The highest BCUT2D eigenvalue weighted by molar-refractivity contribution is 5.79. The number of rotatable bonds is 5. The first-order chi connectivity index (χ1) is 7.86. The molecule has 0 aliphatic heterocycles. The van der Waals surface area contributed by atoms with Gasteiger partial charge in [-0.25, -0.2) is 5.84 Å². The van der Waals surface area contributed by atoms with Gasteiger partial charge in [0.1, 0.15) is 0 Å². The Morgan fingerprint density at radius 2 is 2.06 bits per heavy atom. The molecule has 16 heavy (non-hydrogen) atoms. The van der Waals surface area contributed by atoms with Crippen LogP contribution in [0.3, 0.4) is 0 Å². The zero-order valence-electron chi connectivity index (χ0n) is 10.5. The summed E-state index contributed by atoms with van der Waals surface area (Å²) in [6.45, 7) is 3.92. The van der Waals surface area contributed by atoms with E-state index in [1.165, 1.54) is 38.5 Å². The summed E-state index contributed by atoms with van der Waals surface area (Å²) in [5.41, 5.74) is 2.61. The molecule has 1 aliphatic carbocycles. The van der Waals surface area contributed by atoms with E-state index >= 15 is 0 Å². The van der Waals surface area contributed by atoms with Crippen molar-refractivity contribution in [2.45, 2.75) is 51.9 Å². The van der Waals surface area contributed by atoms with Crippen molar-refractivity contribution in [3.05, 3.63) is 0 Å². The molecular weight excluding hydrogens is 200 g/mol. The van der Waals surface area contributed by atoms with Crippen molar-refractivity contribution in [2.75, 3.05) is 13.1 Å². The minimum Gasteiger partial charge on any atom is -0.355 e. The average Bonchev–Trinajstić information content (AvgIpc) is 2.35. The topological polar surface area (TPSA) is 62.4 Å². The Labute approximate surface area is 99.1 Å². The molecule has 0 atom stereocenters. The van der Waals surface area contributed by atoms with Crippen molar-refractivity contribution in [1.29, 1.82) is 0 Å². The van der Waals surface area contributed by atoms with Crippen LogP contribution >= 0.6 is 0 Å².